The Kier molecular flexibility index (Phi) is 3.62. The van der Waals surface area contributed by atoms with Gasteiger partial charge in [-0.1, -0.05) is 28.1 Å². The first-order valence-electron chi connectivity index (χ1n) is 6.78. The monoisotopic (exact) mass is 372 g/mol. The fraction of sp³-hybridized carbons (Fsp3) is 0.500. The van der Waals surface area contributed by atoms with Crippen molar-refractivity contribution in [3.05, 3.63) is 34.3 Å². The largest absolute Gasteiger partial charge is 0.340 e. The van der Waals surface area contributed by atoms with Crippen LogP contribution >= 0.6 is 15.9 Å². The molecular formula is C14H17BrN2O3S. The van der Waals surface area contributed by atoms with Gasteiger partial charge in [-0.25, -0.2) is 8.42 Å². The molecule has 3 aliphatic rings. The molecule has 0 N–H and O–H groups in total. The van der Waals surface area contributed by atoms with Crippen LogP contribution in [0.5, 0.6) is 0 Å². The fourth-order valence-corrected chi connectivity index (χ4v) is 5.15. The molecule has 2 bridgehead atoms. The Hall–Kier alpha value is -0.920. The van der Waals surface area contributed by atoms with Crippen LogP contribution in [0.2, 0.25) is 0 Å². The lowest BCUT2D eigenvalue weighted by molar-refractivity contribution is -0.137. The Morgan fingerprint density at radius 3 is 2.14 bits per heavy atom. The van der Waals surface area contributed by atoms with Crippen molar-refractivity contribution in [2.75, 3.05) is 19.3 Å². The summed E-state index contributed by atoms with van der Waals surface area (Å²) in [6.45, 7) is 2.48. The van der Waals surface area contributed by atoms with Crippen LogP contribution in [-0.2, 0) is 14.8 Å². The van der Waals surface area contributed by atoms with Crippen LogP contribution in [0.15, 0.2) is 28.7 Å². The normalized spacial score (nSPS) is 29.1. The third kappa shape index (κ3) is 2.51. The highest BCUT2D eigenvalue weighted by Gasteiger charge is 2.57. The molecule has 0 saturated carbocycles. The summed E-state index contributed by atoms with van der Waals surface area (Å²) in [6, 6.07) is 7.69. The molecule has 1 unspecified atom stereocenters. The lowest BCUT2D eigenvalue weighted by Crippen LogP contribution is -2.74. The molecule has 3 aliphatic heterocycles. The Morgan fingerprint density at radius 2 is 1.71 bits per heavy atom. The van der Waals surface area contributed by atoms with Crippen molar-refractivity contribution in [2.24, 2.45) is 0 Å². The highest BCUT2D eigenvalue weighted by atomic mass is 79.9. The van der Waals surface area contributed by atoms with E-state index in [1.54, 1.807) is 9.21 Å². The number of benzene rings is 1. The van der Waals surface area contributed by atoms with Gasteiger partial charge in [-0.15, -0.1) is 0 Å². The first-order valence-corrected chi connectivity index (χ1v) is 9.42. The second-order valence-electron chi connectivity index (χ2n) is 5.73. The van der Waals surface area contributed by atoms with Gasteiger partial charge in [0, 0.05) is 30.4 Å². The lowest BCUT2D eigenvalue weighted by Gasteiger charge is -2.60. The van der Waals surface area contributed by atoms with Gasteiger partial charge in [-0.05, 0) is 17.7 Å². The Bertz CT molecular complexity index is 660. The average Bonchev–Trinajstić information content (AvgIpc) is 2.39. The number of halogens is 1. The number of piperazine rings is 1. The molecule has 0 aliphatic carbocycles. The Labute approximate surface area is 133 Å². The van der Waals surface area contributed by atoms with E-state index in [4.69, 9.17) is 0 Å². The van der Waals surface area contributed by atoms with Crippen molar-refractivity contribution >= 4 is 31.9 Å². The van der Waals surface area contributed by atoms with E-state index >= 15 is 0 Å². The molecule has 0 aromatic heterocycles. The molecule has 3 saturated heterocycles. The summed E-state index contributed by atoms with van der Waals surface area (Å²) >= 11 is 3.41. The summed E-state index contributed by atoms with van der Waals surface area (Å²) in [5.74, 6) is 0.177. The third-order valence-electron chi connectivity index (χ3n) is 4.38. The van der Waals surface area contributed by atoms with Crippen molar-refractivity contribution in [3.8, 4) is 0 Å². The smallest absolute Gasteiger partial charge is 0.219 e. The number of carbonyl (C=O) groups is 1. The number of amides is 1. The first kappa shape index (κ1) is 15.0. The zero-order valence-electron chi connectivity index (χ0n) is 11.9. The second-order valence-corrected chi connectivity index (χ2v) is 8.53. The zero-order valence-corrected chi connectivity index (χ0v) is 14.3. The summed E-state index contributed by atoms with van der Waals surface area (Å²) in [7, 11) is -3.24. The highest BCUT2D eigenvalue weighted by Crippen LogP contribution is 2.46. The maximum atomic E-state index is 11.9. The number of rotatable bonds is 2. The van der Waals surface area contributed by atoms with Gasteiger partial charge in [0.2, 0.25) is 15.9 Å². The van der Waals surface area contributed by atoms with E-state index in [-0.39, 0.29) is 23.9 Å². The standard InChI is InChI=1S/C14H17BrN2O3S/c1-9(18)16-7-12-14(10-3-5-11(15)6-4-10)13(8-16)17(12)21(2,19)20/h3-6,12-14H,7-8H2,1-2H3/t12-,13+,14?. The van der Waals surface area contributed by atoms with E-state index in [2.05, 4.69) is 15.9 Å². The van der Waals surface area contributed by atoms with E-state index in [1.807, 2.05) is 24.3 Å². The highest BCUT2D eigenvalue weighted by molar-refractivity contribution is 9.10. The lowest BCUT2D eigenvalue weighted by atomic mass is 9.74. The van der Waals surface area contributed by atoms with Gasteiger partial charge in [0.05, 0.1) is 18.3 Å². The number of hydrogen-bond acceptors (Lipinski definition) is 3. The minimum Gasteiger partial charge on any atom is -0.340 e. The summed E-state index contributed by atoms with van der Waals surface area (Å²) in [4.78, 5) is 13.3. The number of piperidine rings is 1. The van der Waals surface area contributed by atoms with Gasteiger partial charge >= 0.3 is 0 Å². The molecule has 114 valence electrons. The molecule has 0 spiro atoms. The van der Waals surface area contributed by atoms with Crippen molar-refractivity contribution in [2.45, 2.75) is 24.9 Å². The van der Waals surface area contributed by atoms with Crippen LogP contribution in [0.1, 0.15) is 18.4 Å². The molecule has 1 aromatic carbocycles. The molecule has 1 amide bonds. The predicted octanol–water partition coefficient (Wildman–Crippen LogP) is 1.41. The molecule has 3 atom stereocenters. The zero-order chi connectivity index (χ0) is 15.4. The predicted molar refractivity (Wildman–Crippen MR) is 83.4 cm³/mol. The quantitative estimate of drug-likeness (QED) is 0.788. The van der Waals surface area contributed by atoms with Gasteiger partial charge < -0.3 is 4.90 Å². The van der Waals surface area contributed by atoms with Crippen molar-refractivity contribution in [3.63, 3.8) is 0 Å². The molecule has 4 rings (SSSR count). The number of nitrogens with zero attached hydrogens (tertiary/aromatic N) is 2. The van der Waals surface area contributed by atoms with Gasteiger partial charge in [-0.2, -0.15) is 4.31 Å². The minimum absolute atomic E-state index is 0.00686. The second kappa shape index (κ2) is 5.07. The minimum atomic E-state index is -3.24. The molecule has 7 heteroatoms. The summed E-state index contributed by atoms with van der Waals surface area (Å²) in [5, 5.41) is 0. The molecular weight excluding hydrogens is 356 g/mol. The van der Waals surface area contributed by atoms with Gasteiger partial charge in [0.25, 0.3) is 0 Å². The third-order valence-corrected chi connectivity index (χ3v) is 6.22. The molecule has 5 nitrogen and oxygen atoms in total. The number of carbonyl (C=O) groups excluding carboxylic acids is 1. The van der Waals surface area contributed by atoms with Crippen LogP contribution in [0.4, 0.5) is 0 Å². The topological polar surface area (TPSA) is 57.7 Å². The molecule has 1 aromatic rings. The first-order chi connectivity index (χ1) is 9.79. The average molecular weight is 373 g/mol. The van der Waals surface area contributed by atoms with E-state index in [0.717, 1.165) is 10.0 Å². The maximum Gasteiger partial charge on any atom is 0.219 e. The number of fused-ring (bicyclic) bond motifs is 2. The van der Waals surface area contributed by atoms with Gasteiger partial charge in [0.1, 0.15) is 0 Å². The van der Waals surface area contributed by atoms with Crippen molar-refractivity contribution in [1.29, 1.82) is 0 Å². The van der Waals surface area contributed by atoms with E-state index in [1.165, 1.54) is 13.2 Å². The SMILES string of the molecule is CC(=O)N1C[C@@H]2C(c3ccc(Br)cc3)[C@H](C1)N2S(C)(=O)=O. The van der Waals surface area contributed by atoms with Crippen LogP contribution in [0, 0.1) is 0 Å². The van der Waals surface area contributed by atoms with E-state index in [9.17, 15) is 13.2 Å². The summed E-state index contributed by atoms with van der Waals surface area (Å²) in [6.07, 6.45) is 1.24. The van der Waals surface area contributed by atoms with Crippen molar-refractivity contribution < 1.29 is 13.2 Å². The van der Waals surface area contributed by atoms with E-state index < -0.39 is 10.0 Å². The molecule has 21 heavy (non-hydrogen) atoms. The number of hydrogen-bond donors (Lipinski definition) is 0. The molecule has 3 heterocycles. The van der Waals surface area contributed by atoms with Gasteiger partial charge in [-0.3, -0.25) is 4.79 Å². The van der Waals surface area contributed by atoms with Crippen LogP contribution in [0.25, 0.3) is 0 Å². The van der Waals surface area contributed by atoms with Crippen LogP contribution in [-0.4, -0.2) is 55.0 Å². The Morgan fingerprint density at radius 1 is 1.19 bits per heavy atom. The fourth-order valence-electron chi connectivity index (χ4n) is 3.51. The van der Waals surface area contributed by atoms with E-state index in [0.29, 0.717) is 13.1 Å². The van der Waals surface area contributed by atoms with Gasteiger partial charge in [0.15, 0.2) is 0 Å². The molecule has 0 radical (unpaired) electrons. The van der Waals surface area contributed by atoms with Crippen LogP contribution < -0.4 is 0 Å². The summed E-state index contributed by atoms with van der Waals surface area (Å²) < 4.78 is 26.5. The van der Waals surface area contributed by atoms with Crippen LogP contribution in [0.3, 0.4) is 0 Å². The molecule has 3 fully saturated rings. The van der Waals surface area contributed by atoms with Crippen molar-refractivity contribution in [1.82, 2.24) is 9.21 Å². The Balaban J connectivity index is 1.91. The number of sulfonamides is 1. The maximum absolute atomic E-state index is 11.9. The summed E-state index contributed by atoms with van der Waals surface area (Å²) in [5.41, 5.74) is 1.14.